The average Bonchev–Trinajstić information content (AvgIpc) is 1.38. The van der Waals surface area contributed by atoms with Crippen LogP contribution in [0.4, 0.5) is 0 Å². The first kappa shape index (κ1) is 5.32. The summed E-state index contributed by atoms with van der Waals surface area (Å²) in [4.78, 5) is 0. The number of allylic oxidation sites excluding steroid dienone is 1. The van der Waals surface area contributed by atoms with Gasteiger partial charge in [-0.1, -0.05) is 23.2 Å². The SMILES string of the molecule is C/C(Cl)=C/Cl. The van der Waals surface area contributed by atoms with Crippen LogP contribution in [0.3, 0.4) is 0 Å². The molecule has 0 atom stereocenters. The van der Waals surface area contributed by atoms with E-state index in [1.807, 2.05) is 0 Å². The van der Waals surface area contributed by atoms with Gasteiger partial charge in [0.05, 0.1) is 0 Å². The van der Waals surface area contributed by atoms with Crippen molar-refractivity contribution >= 4 is 23.2 Å². The molecule has 0 aromatic rings. The van der Waals surface area contributed by atoms with Crippen molar-refractivity contribution < 1.29 is 0 Å². The molecule has 0 amide bonds. The molecule has 30 valence electrons. The number of halogens is 2. The second-order valence-electron chi connectivity index (χ2n) is 0.696. The highest BCUT2D eigenvalue weighted by Crippen LogP contribution is 1.97. The normalized spacial score (nSPS) is 12.2. The van der Waals surface area contributed by atoms with E-state index in [9.17, 15) is 0 Å². The van der Waals surface area contributed by atoms with Gasteiger partial charge >= 0.3 is 0 Å². The fourth-order valence-corrected chi connectivity index (χ4v) is 0. The molecule has 5 heavy (non-hydrogen) atoms. The molecular formula is C3H4Cl2. The van der Waals surface area contributed by atoms with Crippen LogP contribution in [0.5, 0.6) is 0 Å². The summed E-state index contributed by atoms with van der Waals surface area (Å²) in [6.07, 6.45) is 0. The molecule has 0 N–H and O–H groups in total. The summed E-state index contributed by atoms with van der Waals surface area (Å²) in [6, 6.07) is 0. The van der Waals surface area contributed by atoms with Gasteiger partial charge in [-0.2, -0.15) is 0 Å². The summed E-state index contributed by atoms with van der Waals surface area (Å²) < 4.78 is 0. The molecule has 0 aliphatic rings. The molecule has 0 saturated carbocycles. The lowest BCUT2D eigenvalue weighted by molar-refractivity contribution is 1.70. The molecule has 0 aromatic carbocycles. The molecule has 0 radical (unpaired) electrons. The van der Waals surface area contributed by atoms with E-state index >= 15 is 0 Å². The predicted molar refractivity (Wildman–Crippen MR) is 25.5 cm³/mol. The van der Waals surface area contributed by atoms with E-state index in [0.29, 0.717) is 5.03 Å². The van der Waals surface area contributed by atoms with Crippen LogP contribution in [0.15, 0.2) is 10.6 Å². The Morgan fingerprint density at radius 1 is 1.80 bits per heavy atom. The van der Waals surface area contributed by atoms with E-state index in [2.05, 4.69) is 0 Å². The van der Waals surface area contributed by atoms with Crippen molar-refractivity contribution in [1.82, 2.24) is 0 Å². The summed E-state index contributed by atoms with van der Waals surface area (Å²) in [7, 11) is 0. The Labute approximate surface area is 41.4 Å². The van der Waals surface area contributed by atoms with Gasteiger partial charge in [0, 0.05) is 10.6 Å². The van der Waals surface area contributed by atoms with Crippen LogP contribution in [-0.4, -0.2) is 0 Å². The number of rotatable bonds is 0. The van der Waals surface area contributed by atoms with Gasteiger partial charge in [-0.05, 0) is 6.92 Å². The molecule has 2 heteroatoms. The zero-order valence-corrected chi connectivity index (χ0v) is 4.35. The number of hydrogen-bond acceptors (Lipinski definition) is 0. The molecule has 0 aliphatic carbocycles. The smallest absolute Gasteiger partial charge is 0.0262 e. The summed E-state index contributed by atoms with van der Waals surface area (Å²) in [5.74, 6) is 0. The largest absolute Gasteiger partial charge is 0.0917 e. The van der Waals surface area contributed by atoms with Gasteiger partial charge in [0.1, 0.15) is 0 Å². The van der Waals surface area contributed by atoms with E-state index in [1.165, 1.54) is 5.54 Å². The van der Waals surface area contributed by atoms with Crippen molar-refractivity contribution in [1.29, 1.82) is 0 Å². The van der Waals surface area contributed by atoms with Crippen molar-refractivity contribution in [3.63, 3.8) is 0 Å². The molecule has 0 fully saturated rings. The summed E-state index contributed by atoms with van der Waals surface area (Å²) in [5.41, 5.74) is 1.32. The minimum Gasteiger partial charge on any atom is -0.0917 e. The summed E-state index contributed by atoms with van der Waals surface area (Å²) in [6.45, 7) is 1.72. The molecule has 0 heterocycles. The fourth-order valence-electron chi connectivity index (χ4n) is 0. The standard InChI is InChI=1S/C3H4Cl2/c1-3(5)2-4/h2H,1H3/b3-2-. The first-order valence-electron chi connectivity index (χ1n) is 1.20. The third-order valence-corrected chi connectivity index (χ3v) is 0.698. The van der Waals surface area contributed by atoms with Gasteiger partial charge in [0.2, 0.25) is 0 Å². The summed E-state index contributed by atoms with van der Waals surface area (Å²) >= 11 is 10.2. The van der Waals surface area contributed by atoms with E-state index in [0.717, 1.165) is 0 Å². The Bertz CT molecular complexity index is 42.9. The molecule has 0 saturated heterocycles. The lowest BCUT2D eigenvalue weighted by atomic mass is 10.8. The van der Waals surface area contributed by atoms with Gasteiger partial charge in [-0.3, -0.25) is 0 Å². The monoisotopic (exact) mass is 110 g/mol. The third kappa shape index (κ3) is 4.32. The fraction of sp³-hybridized carbons (Fsp3) is 0.333. The third-order valence-electron chi connectivity index (χ3n) is 0.150. The molecular weight excluding hydrogens is 107 g/mol. The van der Waals surface area contributed by atoms with Gasteiger partial charge in [0.25, 0.3) is 0 Å². The van der Waals surface area contributed by atoms with Crippen LogP contribution >= 0.6 is 23.2 Å². The molecule has 0 aliphatic heterocycles. The first-order chi connectivity index (χ1) is 2.27. The Morgan fingerprint density at radius 3 is 2.00 bits per heavy atom. The quantitative estimate of drug-likeness (QED) is 0.450. The van der Waals surface area contributed by atoms with Crippen LogP contribution in [-0.2, 0) is 0 Å². The average molecular weight is 111 g/mol. The van der Waals surface area contributed by atoms with Gasteiger partial charge < -0.3 is 0 Å². The Hall–Kier alpha value is 0.320. The topological polar surface area (TPSA) is 0 Å². The minimum atomic E-state index is 0.617. The lowest BCUT2D eigenvalue weighted by Gasteiger charge is -1.68. The van der Waals surface area contributed by atoms with Crippen molar-refractivity contribution in [2.24, 2.45) is 0 Å². The van der Waals surface area contributed by atoms with Crippen LogP contribution < -0.4 is 0 Å². The molecule has 0 nitrogen and oxygen atoms in total. The predicted octanol–water partition coefficient (Wildman–Crippen LogP) is 2.33. The molecule has 0 unspecified atom stereocenters. The van der Waals surface area contributed by atoms with E-state index in [1.54, 1.807) is 6.92 Å². The van der Waals surface area contributed by atoms with Crippen molar-refractivity contribution in [3.8, 4) is 0 Å². The van der Waals surface area contributed by atoms with Crippen LogP contribution in [0.2, 0.25) is 0 Å². The number of hydrogen-bond donors (Lipinski definition) is 0. The maximum absolute atomic E-state index is 5.19. The van der Waals surface area contributed by atoms with Crippen LogP contribution in [0, 0.1) is 0 Å². The zero-order chi connectivity index (χ0) is 4.28. The maximum Gasteiger partial charge on any atom is 0.0262 e. The van der Waals surface area contributed by atoms with Crippen LogP contribution in [0.25, 0.3) is 0 Å². The van der Waals surface area contributed by atoms with E-state index in [4.69, 9.17) is 23.2 Å². The van der Waals surface area contributed by atoms with Crippen molar-refractivity contribution in [2.75, 3.05) is 0 Å². The highest BCUT2D eigenvalue weighted by molar-refractivity contribution is 6.36. The Kier molecular flexibility index (Phi) is 2.71. The Morgan fingerprint density at radius 2 is 2.00 bits per heavy atom. The second-order valence-corrected chi connectivity index (χ2v) is 1.51. The van der Waals surface area contributed by atoms with Crippen molar-refractivity contribution in [2.45, 2.75) is 6.92 Å². The van der Waals surface area contributed by atoms with Crippen molar-refractivity contribution in [3.05, 3.63) is 10.6 Å². The molecule has 0 bridgehead atoms. The molecule has 0 rings (SSSR count). The van der Waals surface area contributed by atoms with Gasteiger partial charge in [-0.25, -0.2) is 0 Å². The van der Waals surface area contributed by atoms with Crippen LogP contribution in [0.1, 0.15) is 6.92 Å². The summed E-state index contributed by atoms with van der Waals surface area (Å²) in [5, 5.41) is 0.617. The first-order valence-corrected chi connectivity index (χ1v) is 2.01. The van der Waals surface area contributed by atoms with Gasteiger partial charge in [-0.15, -0.1) is 0 Å². The molecule has 0 spiro atoms. The molecule has 0 aromatic heterocycles. The Balaban J connectivity index is 3.14. The lowest BCUT2D eigenvalue weighted by Crippen LogP contribution is -1.42. The van der Waals surface area contributed by atoms with E-state index in [-0.39, 0.29) is 0 Å². The highest BCUT2D eigenvalue weighted by atomic mass is 35.5. The zero-order valence-electron chi connectivity index (χ0n) is 2.83. The minimum absolute atomic E-state index is 0.617. The van der Waals surface area contributed by atoms with E-state index < -0.39 is 0 Å². The second kappa shape index (κ2) is 2.55. The van der Waals surface area contributed by atoms with Gasteiger partial charge in [0.15, 0.2) is 0 Å². The maximum atomic E-state index is 5.19. The highest BCUT2D eigenvalue weighted by Gasteiger charge is 1.66.